The van der Waals surface area contributed by atoms with Crippen LogP contribution in [0.3, 0.4) is 0 Å². The lowest BCUT2D eigenvalue weighted by atomic mass is 10.2. The van der Waals surface area contributed by atoms with E-state index in [0.717, 1.165) is 28.0 Å². The number of carbonyl (C=O) groups is 1. The zero-order valence-corrected chi connectivity index (χ0v) is 14.9. The van der Waals surface area contributed by atoms with E-state index in [9.17, 15) is 4.79 Å². The maximum Gasteiger partial charge on any atom is 0.243 e. The van der Waals surface area contributed by atoms with E-state index < -0.39 is 0 Å². The van der Waals surface area contributed by atoms with E-state index in [2.05, 4.69) is 33.5 Å². The van der Waals surface area contributed by atoms with Crippen molar-refractivity contribution in [2.24, 2.45) is 0 Å². The molecule has 0 aromatic heterocycles. The molecule has 2 aromatic carbocycles. The molecule has 0 aliphatic carbocycles. The van der Waals surface area contributed by atoms with Crippen molar-refractivity contribution >= 4 is 33.2 Å². The smallest absolute Gasteiger partial charge is 0.243 e. The Morgan fingerprint density at radius 2 is 1.91 bits per heavy atom. The van der Waals surface area contributed by atoms with Gasteiger partial charge in [-0.1, -0.05) is 28.9 Å². The Kier molecular flexibility index (Phi) is 6.47. The second-order valence-corrected chi connectivity index (χ2v) is 6.19. The number of nitrogens with one attached hydrogen (secondary N) is 2. The molecule has 0 aliphatic heterocycles. The van der Waals surface area contributed by atoms with Gasteiger partial charge in [0.05, 0.1) is 12.6 Å². The number of carbonyl (C=O) groups excluding carboxylic acids is 1. The molecule has 0 spiro atoms. The van der Waals surface area contributed by atoms with Crippen LogP contribution >= 0.6 is 15.9 Å². The van der Waals surface area contributed by atoms with Gasteiger partial charge in [-0.25, -0.2) is 0 Å². The third-order valence-electron chi connectivity index (χ3n) is 3.33. The van der Waals surface area contributed by atoms with E-state index in [1.807, 2.05) is 55.5 Å². The molecule has 0 saturated heterocycles. The molecule has 0 aliphatic rings. The Morgan fingerprint density at radius 3 is 2.57 bits per heavy atom. The van der Waals surface area contributed by atoms with Gasteiger partial charge in [0.1, 0.15) is 5.75 Å². The van der Waals surface area contributed by atoms with Gasteiger partial charge in [0, 0.05) is 15.8 Å². The van der Waals surface area contributed by atoms with Gasteiger partial charge in [0.25, 0.3) is 0 Å². The quantitative estimate of drug-likeness (QED) is 0.737. The maximum absolute atomic E-state index is 12.0. The van der Waals surface area contributed by atoms with Crippen molar-refractivity contribution in [3.8, 4) is 5.75 Å². The zero-order valence-electron chi connectivity index (χ0n) is 13.3. The highest BCUT2D eigenvalue weighted by atomic mass is 79.9. The lowest BCUT2D eigenvalue weighted by Crippen LogP contribution is -2.21. The maximum atomic E-state index is 12.0. The highest BCUT2D eigenvalue weighted by Crippen LogP contribution is 2.18. The van der Waals surface area contributed by atoms with Crippen LogP contribution in [0.4, 0.5) is 11.4 Å². The van der Waals surface area contributed by atoms with Gasteiger partial charge in [0.15, 0.2) is 0 Å². The highest BCUT2D eigenvalue weighted by Gasteiger charge is 2.04. The summed E-state index contributed by atoms with van der Waals surface area (Å²) >= 11 is 3.40. The lowest BCUT2D eigenvalue weighted by Gasteiger charge is -2.13. The van der Waals surface area contributed by atoms with Crippen LogP contribution in [0.25, 0.3) is 0 Å². The molecule has 2 N–H and O–H groups in total. The highest BCUT2D eigenvalue weighted by molar-refractivity contribution is 9.10. The van der Waals surface area contributed by atoms with Gasteiger partial charge in [-0.05, 0) is 55.8 Å². The van der Waals surface area contributed by atoms with Gasteiger partial charge in [-0.3, -0.25) is 4.79 Å². The van der Waals surface area contributed by atoms with Crippen LogP contribution in [0.2, 0.25) is 0 Å². The predicted molar refractivity (Wildman–Crippen MR) is 98.1 cm³/mol. The van der Waals surface area contributed by atoms with Crippen LogP contribution in [-0.4, -0.2) is 18.6 Å². The summed E-state index contributed by atoms with van der Waals surface area (Å²) in [5.41, 5.74) is 1.65. The van der Waals surface area contributed by atoms with Crippen molar-refractivity contribution in [2.45, 2.75) is 26.4 Å². The molecule has 1 unspecified atom stereocenters. The van der Waals surface area contributed by atoms with Crippen LogP contribution < -0.4 is 15.4 Å². The van der Waals surface area contributed by atoms with Crippen LogP contribution in [0.1, 0.15) is 20.3 Å². The fourth-order valence-corrected chi connectivity index (χ4v) is 2.32. The van der Waals surface area contributed by atoms with Gasteiger partial charge in [-0.15, -0.1) is 0 Å². The number of ether oxygens (including phenoxy) is 1. The van der Waals surface area contributed by atoms with E-state index in [0.29, 0.717) is 0 Å². The molecule has 23 heavy (non-hydrogen) atoms. The Bertz CT molecular complexity index is 644. The van der Waals surface area contributed by atoms with Gasteiger partial charge in [-0.2, -0.15) is 0 Å². The minimum Gasteiger partial charge on any atom is -0.491 e. The third kappa shape index (κ3) is 5.94. The lowest BCUT2D eigenvalue weighted by molar-refractivity contribution is -0.114. The van der Waals surface area contributed by atoms with Crippen molar-refractivity contribution in [3.05, 3.63) is 53.0 Å². The molecule has 4 nitrogen and oxygen atoms in total. The average molecular weight is 377 g/mol. The predicted octanol–water partition coefficient (Wildman–Crippen LogP) is 4.68. The third-order valence-corrected chi connectivity index (χ3v) is 3.82. The van der Waals surface area contributed by atoms with Crippen molar-refractivity contribution in [2.75, 3.05) is 17.2 Å². The van der Waals surface area contributed by atoms with E-state index >= 15 is 0 Å². The molecule has 2 rings (SSSR count). The van der Waals surface area contributed by atoms with Crippen LogP contribution in [-0.2, 0) is 4.79 Å². The van der Waals surface area contributed by atoms with Crippen molar-refractivity contribution in [1.82, 2.24) is 0 Å². The monoisotopic (exact) mass is 376 g/mol. The normalized spacial score (nSPS) is 11.6. The number of amides is 1. The molecule has 2 aromatic rings. The summed E-state index contributed by atoms with van der Waals surface area (Å²) in [4.78, 5) is 12.0. The minimum absolute atomic E-state index is 0.0967. The van der Waals surface area contributed by atoms with Crippen LogP contribution in [0, 0.1) is 0 Å². The number of benzene rings is 2. The molecule has 5 heteroatoms. The van der Waals surface area contributed by atoms with E-state index in [1.165, 1.54) is 0 Å². The van der Waals surface area contributed by atoms with Gasteiger partial charge >= 0.3 is 0 Å². The largest absolute Gasteiger partial charge is 0.491 e. The summed E-state index contributed by atoms with van der Waals surface area (Å²) in [5, 5.41) is 5.94. The second kappa shape index (κ2) is 8.58. The molecule has 1 amide bonds. The molecule has 0 bridgehead atoms. The number of halogens is 1. The first kappa shape index (κ1) is 17.3. The first-order valence-electron chi connectivity index (χ1n) is 7.63. The standard InChI is InChI=1S/C18H21BrN2O2/c1-3-13(2)23-17-9-7-15(8-10-17)21-18(22)12-20-16-6-4-5-14(19)11-16/h4-11,13,20H,3,12H2,1-2H3,(H,21,22). The molecule has 1 atom stereocenters. The Hall–Kier alpha value is -2.01. The number of rotatable bonds is 7. The molecule has 0 heterocycles. The first-order valence-corrected chi connectivity index (χ1v) is 8.42. The molecule has 0 radical (unpaired) electrons. The molecular weight excluding hydrogens is 356 g/mol. The van der Waals surface area contributed by atoms with Crippen molar-refractivity contribution < 1.29 is 9.53 Å². The zero-order chi connectivity index (χ0) is 16.7. The van der Waals surface area contributed by atoms with E-state index in [-0.39, 0.29) is 18.6 Å². The van der Waals surface area contributed by atoms with Gasteiger partial charge in [0.2, 0.25) is 5.91 Å². The minimum atomic E-state index is -0.0967. The average Bonchev–Trinajstić information content (AvgIpc) is 2.55. The summed E-state index contributed by atoms with van der Waals surface area (Å²) < 4.78 is 6.68. The second-order valence-electron chi connectivity index (χ2n) is 5.27. The Morgan fingerprint density at radius 1 is 1.17 bits per heavy atom. The molecular formula is C18H21BrN2O2. The fourth-order valence-electron chi connectivity index (χ4n) is 1.92. The fraction of sp³-hybridized carbons (Fsp3) is 0.278. The SMILES string of the molecule is CCC(C)Oc1ccc(NC(=O)CNc2cccc(Br)c2)cc1. The number of anilines is 2. The summed E-state index contributed by atoms with van der Waals surface area (Å²) in [6.07, 6.45) is 1.14. The van der Waals surface area contributed by atoms with Crippen LogP contribution in [0.15, 0.2) is 53.0 Å². The van der Waals surface area contributed by atoms with Crippen molar-refractivity contribution in [3.63, 3.8) is 0 Å². The Labute approximate surface area is 145 Å². The first-order chi connectivity index (χ1) is 11.1. The topological polar surface area (TPSA) is 50.4 Å². The summed E-state index contributed by atoms with van der Waals surface area (Å²) in [6, 6.07) is 15.1. The molecule has 0 fully saturated rings. The number of hydrogen-bond donors (Lipinski definition) is 2. The Balaban J connectivity index is 1.83. The van der Waals surface area contributed by atoms with Crippen LogP contribution in [0.5, 0.6) is 5.75 Å². The molecule has 122 valence electrons. The van der Waals surface area contributed by atoms with Crippen molar-refractivity contribution in [1.29, 1.82) is 0 Å². The summed E-state index contributed by atoms with van der Waals surface area (Å²) in [5.74, 6) is 0.713. The number of hydrogen-bond acceptors (Lipinski definition) is 3. The van der Waals surface area contributed by atoms with E-state index in [4.69, 9.17) is 4.74 Å². The molecule has 0 saturated carbocycles. The summed E-state index contributed by atoms with van der Waals surface area (Å²) in [6.45, 7) is 4.32. The van der Waals surface area contributed by atoms with E-state index in [1.54, 1.807) is 0 Å². The van der Waals surface area contributed by atoms with Gasteiger partial charge < -0.3 is 15.4 Å². The summed E-state index contributed by atoms with van der Waals surface area (Å²) in [7, 11) is 0.